The topological polar surface area (TPSA) is 68.1 Å². The van der Waals surface area contributed by atoms with Gasteiger partial charge in [-0.3, -0.25) is 9.59 Å². The number of carbonyl (C=O) groups is 1. The molecule has 0 saturated carbocycles. The van der Waals surface area contributed by atoms with Crippen molar-refractivity contribution in [3.8, 4) is 5.82 Å². The summed E-state index contributed by atoms with van der Waals surface area (Å²) in [5.41, 5.74) is 2.18. The van der Waals surface area contributed by atoms with Gasteiger partial charge in [0.1, 0.15) is 5.82 Å². The molecule has 1 amide bonds. The van der Waals surface area contributed by atoms with E-state index in [0.29, 0.717) is 21.9 Å². The minimum atomic E-state index is -0.464. The summed E-state index contributed by atoms with van der Waals surface area (Å²) in [4.78, 5) is 37.1. The lowest BCUT2D eigenvalue weighted by Crippen LogP contribution is -2.34. The number of rotatable bonds is 5. The number of benzene rings is 2. The fourth-order valence-electron chi connectivity index (χ4n) is 3.30. The molecular weight excluding hydrogens is 408 g/mol. The fraction of sp³-hybridized carbons (Fsp3) is 0.167. The highest BCUT2D eigenvalue weighted by molar-refractivity contribution is 8.00. The summed E-state index contributed by atoms with van der Waals surface area (Å²) in [5.74, 6) is 0.407. The first-order chi connectivity index (χ1) is 15.0. The molecule has 0 spiro atoms. The molecule has 0 fully saturated rings. The summed E-state index contributed by atoms with van der Waals surface area (Å²) in [6, 6.07) is 20.4. The third-order valence-corrected chi connectivity index (χ3v) is 6.02. The molecule has 0 bridgehead atoms. The van der Waals surface area contributed by atoms with E-state index in [1.54, 1.807) is 30.3 Å². The normalized spacial score (nSPS) is 12.0. The number of pyridine rings is 1. The minimum absolute atomic E-state index is 0.0811. The van der Waals surface area contributed by atoms with Crippen LogP contribution in [0.5, 0.6) is 0 Å². The Balaban J connectivity index is 1.77. The number of aromatic nitrogens is 3. The molecule has 156 valence electrons. The molecule has 0 aliphatic carbocycles. The van der Waals surface area contributed by atoms with Crippen LogP contribution in [0.15, 0.2) is 82.9 Å². The molecule has 4 rings (SSSR count). The van der Waals surface area contributed by atoms with Gasteiger partial charge in [-0.1, -0.05) is 42.1 Å². The molecule has 4 aromatic rings. The highest BCUT2D eigenvalue weighted by Crippen LogP contribution is 2.27. The number of carbonyl (C=O) groups excluding carboxylic acids is 1. The molecule has 0 aliphatic heterocycles. The van der Waals surface area contributed by atoms with E-state index in [1.165, 1.54) is 16.3 Å². The molecule has 31 heavy (non-hydrogen) atoms. The second-order valence-electron chi connectivity index (χ2n) is 7.24. The first-order valence-corrected chi connectivity index (χ1v) is 10.8. The van der Waals surface area contributed by atoms with E-state index in [9.17, 15) is 9.59 Å². The van der Waals surface area contributed by atoms with E-state index in [4.69, 9.17) is 4.98 Å². The second-order valence-corrected chi connectivity index (χ2v) is 8.54. The van der Waals surface area contributed by atoms with Gasteiger partial charge in [0, 0.05) is 18.9 Å². The van der Waals surface area contributed by atoms with Gasteiger partial charge in [-0.25, -0.2) is 14.5 Å². The smallest absolute Gasteiger partial charge is 0.267 e. The summed E-state index contributed by atoms with van der Waals surface area (Å²) in [5, 5.41) is 0.481. The van der Waals surface area contributed by atoms with Gasteiger partial charge in [-0.15, -0.1) is 0 Å². The first kappa shape index (κ1) is 20.8. The molecule has 1 unspecified atom stereocenters. The molecule has 0 radical (unpaired) electrons. The van der Waals surface area contributed by atoms with Gasteiger partial charge in [0.05, 0.1) is 16.2 Å². The van der Waals surface area contributed by atoms with Crippen LogP contribution in [0.4, 0.5) is 5.69 Å². The van der Waals surface area contributed by atoms with Gasteiger partial charge in [0.2, 0.25) is 5.91 Å². The molecule has 0 saturated heterocycles. The Kier molecular flexibility index (Phi) is 5.86. The zero-order valence-corrected chi connectivity index (χ0v) is 18.3. The number of hydrogen-bond donors (Lipinski definition) is 0. The number of nitrogens with zero attached hydrogens (tertiary/aromatic N) is 4. The Morgan fingerprint density at radius 3 is 2.52 bits per heavy atom. The summed E-state index contributed by atoms with van der Waals surface area (Å²) < 4.78 is 1.49. The van der Waals surface area contributed by atoms with Crippen molar-refractivity contribution in [1.29, 1.82) is 0 Å². The summed E-state index contributed by atoms with van der Waals surface area (Å²) in [6.07, 6.45) is 1.67. The molecule has 0 N–H and O–H groups in total. The number of para-hydroxylation sites is 2. The fourth-order valence-corrected chi connectivity index (χ4v) is 4.30. The van der Waals surface area contributed by atoms with Gasteiger partial charge in [-0.2, -0.15) is 0 Å². The van der Waals surface area contributed by atoms with E-state index in [0.717, 1.165) is 11.3 Å². The summed E-state index contributed by atoms with van der Waals surface area (Å²) in [7, 11) is 1.75. The molecule has 2 heterocycles. The molecule has 1 atom stereocenters. The Morgan fingerprint density at radius 1 is 1.06 bits per heavy atom. The van der Waals surface area contributed by atoms with Crippen LogP contribution in [0.2, 0.25) is 0 Å². The third kappa shape index (κ3) is 4.22. The molecule has 2 aromatic carbocycles. The van der Waals surface area contributed by atoms with Gasteiger partial charge in [0.25, 0.3) is 5.56 Å². The predicted octanol–water partition coefficient (Wildman–Crippen LogP) is 4.23. The lowest BCUT2D eigenvalue weighted by Gasteiger charge is -2.22. The maximum absolute atomic E-state index is 13.3. The monoisotopic (exact) mass is 430 g/mol. The molecule has 0 aliphatic rings. The number of aryl methyl sites for hydroxylation is 1. The van der Waals surface area contributed by atoms with Gasteiger partial charge < -0.3 is 4.90 Å². The van der Waals surface area contributed by atoms with Gasteiger partial charge >= 0.3 is 0 Å². The highest BCUT2D eigenvalue weighted by atomic mass is 32.2. The zero-order chi connectivity index (χ0) is 22.0. The number of anilines is 1. The average molecular weight is 431 g/mol. The molecule has 2 aromatic heterocycles. The van der Waals surface area contributed by atoms with Crippen LogP contribution in [0.25, 0.3) is 16.7 Å². The SMILES string of the molecule is Cc1ccnc(-n2c(SC(C)C(=O)N(C)c3ccccc3)nc3ccccc3c2=O)c1. The van der Waals surface area contributed by atoms with E-state index in [1.807, 2.05) is 68.4 Å². The van der Waals surface area contributed by atoms with E-state index in [2.05, 4.69) is 4.98 Å². The van der Waals surface area contributed by atoms with Crippen molar-refractivity contribution >= 4 is 34.3 Å². The van der Waals surface area contributed by atoms with Crippen LogP contribution in [-0.2, 0) is 4.79 Å². The number of fused-ring (bicyclic) bond motifs is 1. The van der Waals surface area contributed by atoms with E-state index >= 15 is 0 Å². The van der Waals surface area contributed by atoms with Crippen molar-refractivity contribution in [2.45, 2.75) is 24.3 Å². The van der Waals surface area contributed by atoms with Crippen molar-refractivity contribution < 1.29 is 4.79 Å². The summed E-state index contributed by atoms with van der Waals surface area (Å²) in [6.45, 7) is 3.76. The Hall–Kier alpha value is -3.45. The van der Waals surface area contributed by atoms with Crippen LogP contribution in [-0.4, -0.2) is 32.7 Å². The largest absolute Gasteiger partial charge is 0.315 e. The van der Waals surface area contributed by atoms with E-state index < -0.39 is 5.25 Å². The predicted molar refractivity (Wildman–Crippen MR) is 125 cm³/mol. The maximum atomic E-state index is 13.3. The number of amides is 1. The lowest BCUT2D eigenvalue weighted by atomic mass is 10.2. The van der Waals surface area contributed by atoms with Gasteiger partial charge in [0.15, 0.2) is 5.16 Å². The minimum Gasteiger partial charge on any atom is -0.315 e. The van der Waals surface area contributed by atoms with Crippen molar-refractivity contribution in [3.63, 3.8) is 0 Å². The van der Waals surface area contributed by atoms with Crippen molar-refractivity contribution in [2.75, 3.05) is 11.9 Å². The lowest BCUT2D eigenvalue weighted by molar-refractivity contribution is -0.117. The maximum Gasteiger partial charge on any atom is 0.267 e. The van der Waals surface area contributed by atoms with Crippen molar-refractivity contribution in [2.24, 2.45) is 0 Å². The Labute approximate surface area is 184 Å². The molecular formula is C24H22N4O2S. The average Bonchev–Trinajstić information content (AvgIpc) is 2.79. The highest BCUT2D eigenvalue weighted by Gasteiger charge is 2.23. The Bertz CT molecular complexity index is 1300. The van der Waals surface area contributed by atoms with Crippen LogP contribution in [0.3, 0.4) is 0 Å². The molecule has 6 nitrogen and oxygen atoms in total. The van der Waals surface area contributed by atoms with Crippen LogP contribution >= 0.6 is 11.8 Å². The van der Waals surface area contributed by atoms with Crippen LogP contribution in [0, 0.1) is 6.92 Å². The Morgan fingerprint density at radius 2 is 1.77 bits per heavy atom. The standard InChI is InChI=1S/C24H22N4O2S/c1-16-13-14-25-21(15-16)28-23(30)19-11-7-8-12-20(19)26-24(28)31-17(2)22(29)27(3)18-9-5-4-6-10-18/h4-15,17H,1-3H3. The quantitative estimate of drug-likeness (QED) is 0.350. The number of thioether (sulfide) groups is 1. The van der Waals surface area contributed by atoms with Crippen LogP contribution < -0.4 is 10.5 Å². The van der Waals surface area contributed by atoms with Crippen molar-refractivity contribution in [1.82, 2.24) is 14.5 Å². The van der Waals surface area contributed by atoms with Crippen molar-refractivity contribution in [3.05, 3.63) is 88.8 Å². The zero-order valence-electron chi connectivity index (χ0n) is 17.5. The van der Waals surface area contributed by atoms with E-state index in [-0.39, 0.29) is 11.5 Å². The summed E-state index contributed by atoms with van der Waals surface area (Å²) >= 11 is 1.25. The van der Waals surface area contributed by atoms with Crippen LogP contribution in [0.1, 0.15) is 12.5 Å². The third-order valence-electron chi connectivity index (χ3n) is 4.98. The first-order valence-electron chi connectivity index (χ1n) is 9.90. The second kappa shape index (κ2) is 8.73. The van der Waals surface area contributed by atoms with Gasteiger partial charge in [-0.05, 0) is 55.8 Å². The molecule has 7 heteroatoms. The number of hydrogen-bond acceptors (Lipinski definition) is 5.